The molecule has 1 heterocycles. The Balaban J connectivity index is 1.02. The molecule has 0 bridgehead atoms. The van der Waals surface area contributed by atoms with Gasteiger partial charge in [0.15, 0.2) is 0 Å². The van der Waals surface area contributed by atoms with Gasteiger partial charge >= 0.3 is 21.4 Å². The average molecular weight is 804 g/mol. The summed E-state index contributed by atoms with van der Waals surface area (Å²) in [6.45, 7) is 1.85. The van der Waals surface area contributed by atoms with Crippen LogP contribution in [-0.4, -0.2) is 21.4 Å². The summed E-state index contributed by atoms with van der Waals surface area (Å²) in [6.07, 6.45) is -1.30. The first-order valence-corrected chi connectivity index (χ1v) is 18.0. The molecule has 7 rings (SSSR count). The largest absolute Gasteiger partial charge is 0.466 e. The predicted octanol–water partition coefficient (Wildman–Crippen LogP) is 8.80. The maximum Gasteiger partial charge on any atom is 0.466 e. The number of hydrogen-bond acceptors (Lipinski definition) is 7. The summed E-state index contributed by atoms with van der Waals surface area (Å²) in [5.74, 6) is 2.65. The van der Waals surface area contributed by atoms with E-state index in [1.807, 2.05) is 165 Å². The zero-order valence-electron chi connectivity index (χ0n) is 27.5. The Kier molecular flexibility index (Phi) is 11.5. The van der Waals surface area contributed by atoms with Crippen LogP contribution in [-0.2, 0) is 13.7 Å². The topological polar surface area (TPSA) is 64.6 Å². The van der Waals surface area contributed by atoms with Gasteiger partial charge in [-0.05, 0) is 90.5 Å². The third-order valence-corrected chi connectivity index (χ3v) is 8.98. The molecule has 7 nitrogen and oxygen atoms in total. The van der Waals surface area contributed by atoms with Gasteiger partial charge in [0, 0.05) is 20.1 Å². The molecule has 1 saturated heterocycles. The number of hydrogen-bond donors (Lipinski definition) is 0. The summed E-state index contributed by atoms with van der Waals surface area (Å²) in [7, 11) is -1.83. The fraction of sp³-hybridized carbons (Fsp3) is 0.0769. The Labute approximate surface area is 315 Å². The molecule has 0 radical (unpaired) electrons. The maximum atomic E-state index is 6.33. The van der Waals surface area contributed by atoms with Crippen LogP contribution in [0, 0.1) is 0 Å². The van der Waals surface area contributed by atoms with Crippen molar-refractivity contribution in [3.63, 3.8) is 0 Å². The maximum absolute atomic E-state index is 6.33. The minimum atomic E-state index is -0.658. The third kappa shape index (κ3) is 9.46. The summed E-state index contributed by atoms with van der Waals surface area (Å²) in [5, 5.41) is 0. The molecule has 6 aromatic rings. The quantitative estimate of drug-likeness (QED) is 0.0906. The molecule has 1 fully saturated rings. The van der Waals surface area contributed by atoms with E-state index in [4.69, 9.17) is 32.7 Å². The van der Waals surface area contributed by atoms with Gasteiger partial charge in [0.05, 0.1) is 0 Å². The molecule has 1 aliphatic rings. The zero-order valence-corrected chi connectivity index (χ0v) is 30.7. The van der Waals surface area contributed by atoms with Gasteiger partial charge in [0.25, 0.3) is 12.6 Å². The number of ether oxygens (including phenoxy) is 4. The Morgan fingerprint density at radius 1 is 0.412 bits per heavy atom. The number of halogens is 2. The van der Waals surface area contributed by atoms with Crippen LogP contribution in [0.15, 0.2) is 167 Å². The Bertz CT molecular complexity index is 1830. The smallest absolute Gasteiger partial charge is 0.451 e. The van der Waals surface area contributed by atoms with Gasteiger partial charge in [-0.1, -0.05) is 117 Å². The Hall–Kier alpha value is -4.45. The van der Waals surface area contributed by atoms with Gasteiger partial charge in [0.2, 0.25) is 0 Å². The van der Waals surface area contributed by atoms with Crippen molar-refractivity contribution in [3.8, 4) is 23.0 Å². The van der Waals surface area contributed by atoms with Gasteiger partial charge in [-0.15, -0.1) is 0 Å². The van der Waals surface area contributed by atoms with Crippen LogP contribution < -0.4 is 29.9 Å². The van der Waals surface area contributed by atoms with Crippen molar-refractivity contribution in [2.24, 2.45) is 0 Å². The number of benzene rings is 6. The lowest BCUT2D eigenvalue weighted by Crippen LogP contribution is -2.57. The van der Waals surface area contributed by atoms with E-state index in [0.29, 0.717) is 23.0 Å². The molecule has 12 heteroatoms. The Morgan fingerprint density at radius 2 is 0.725 bits per heavy atom. The molecule has 0 aliphatic carbocycles. The second-order valence-corrected chi connectivity index (χ2v) is 13.5. The normalized spacial score (nSPS) is 14.1. The monoisotopic (exact) mass is 802 g/mol. The lowest BCUT2D eigenvalue weighted by molar-refractivity contribution is 0.00354. The third-order valence-electron chi connectivity index (χ3n) is 7.93. The van der Waals surface area contributed by atoms with E-state index >= 15 is 0 Å². The van der Waals surface area contributed by atoms with Crippen molar-refractivity contribution < 1.29 is 32.7 Å². The first-order valence-electron chi connectivity index (χ1n) is 16.4. The molecule has 2 atom stereocenters. The van der Waals surface area contributed by atoms with Crippen molar-refractivity contribution in [1.29, 1.82) is 0 Å². The van der Waals surface area contributed by atoms with E-state index in [1.165, 1.54) is 0 Å². The summed E-state index contributed by atoms with van der Waals surface area (Å²) < 4.78 is 45.5. The molecule has 2 unspecified atom stereocenters. The van der Waals surface area contributed by atoms with E-state index in [2.05, 4.69) is 31.9 Å². The molecule has 1 aliphatic heterocycles. The van der Waals surface area contributed by atoms with Gasteiger partial charge in [-0.3, -0.25) is 0 Å². The Morgan fingerprint density at radius 3 is 1.06 bits per heavy atom. The lowest BCUT2D eigenvalue weighted by Gasteiger charge is -2.30. The second-order valence-electron chi connectivity index (χ2n) is 11.6. The molecule has 51 heavy (non-hydrogen) atoms. The molecule has 252 valence electrons. The molecule has 0 N–H and O–H groups in total. The molecular formula is C39H31B3Br2O7. The van der Waals surface area contributed by atoms with Crippen LogP contribution in [0.2, 0.25) is 6.82 Å². The summed E-state index contributed by atoms with van der Waals surface area (Å²) in [6, 6.07) is 50.1. The van der Waals surface area contributed by atoms with Crippen molar-refractivity contribution in [2.75, 3.05) is 0 Å². The molecule has 0 amide bonds. The van der Waals surface area contributed by atoms with Crippen molar-refractivity contribution in [2.45, 2.75) is 19.4 Å². The highest BCUT2D eigenvalue weighted by atomic mass is 79.9. The summed E-state index contributed by atoms with van der Waals surface area (Å²) >= 11 is 6.95. The molecule has 0 saturated carbocycles. The number of rotatable bonds is 12. The summed E-state index contributed by atoms with van der Waals surface area (Å²) in [4.78, 5) is 0. The first kappa shape index (κ1) is 35.0. The molecule has 0 aromatic heterocycles. The van der Waals surface area contributed by atoms with Crippen LogP contribution in [0.5, 0.6) is 23.0 Å². The molecule has 6 aromatic carbocycles. The zero-order chi connectivity index (χ0) is 35.0. The van der Waals surface area contributed by atoms with Crippen LogP contribution in [0.4, 0.5) is 0 Å². The standard InChI is InChI=1S/C39H31B3Br2O7/c1-40-49-41(30-12-20-34(21-13-30)45-38(28-8-4-2-5-9-28)47-36-24-16-32(43)17-25-36)51-42(50-40)31-14-22-35(23-15-31)46-39(29-10-6-3-7-11-29)48-37-26-18-33(44)19-27-37/h2-27,38-39H,1H3. The predicted molar refractivity (Wildman–Crippen MR) is 208 cm³/mol. The van der Waals surface area contributed by atoms with Crippen molar-refractivity contribution in [3.05, 3.63) is 178 Å². The van der Waals surface area contributed by atoms with Gasteiger partial charge < -0.3 is 32.7 Å². The van der Waals surface area contributed by atoms with Gasteiger partial charge in [-0.25, -0.2) is 0 Å². The van der Waals surface area contributed by atoms with Crippen LogP contribution in [0.3, 0.4) is 0 Å². The van der Waals surface area contributed by atoms with Crippen LogP contribution in [0.1, 0.15) is 23.7 Å². The fourth-order valence-electron chi connectivity index (χ4n) is 5.34. The van der Waals surface area contributed by atoms with E-state index in [1.54, 1.807) is 0 Å². The van der Waals surface area contributed by atoms with Crippen molar-refractivity contribution in [1.82, 2.24) is 0 Å². The minimum absolute atomic E-state index is 0.510. The van der Waals surface area contributed by atoms with Crippen LogP contribution in [0.25, 0.3) is 0 Å². The van der Waals surface area contributed by atoms with E-state index in [-0.39, 0.29) is 0 Å². The van der Waals surface area contributed by atoms with E-state index < -0.39 is 33.9 Å². The highest BCUT2D eigenvalue weighted by molar-refractivity contribution is 9.10. The fourth-order valence-corrected chi connectivity index (χ4v) is 5.87. The van der Waals surface area contributed by atoms with Crippen LogP contribution >= 0.6 is 31.9 Å². The lowest BCUT2D eigenvalue weighted by atomic mass is 9.64. The molecular weight excluding hydrogens is 773 g/mol. The van der Waals surface area contributed by atoms with Gasteiger partial charge in [-0.2, -0.15) is 0 Å². The van der Waals surface area contributed by atoms with Crippen molar-refractivity contribution >= 4 is 64.1 Å². The second kappa shape index (κ2) is 16.7. The first-order chi connectivity index (χ1) is 24.9. The van der Waals surface area contributed by atoms with E-state index in [0.717, 1.165) is 31.0 Å². The minimum Gasteiger partial charge on any atom is -0.451 e. The highest BCUT2D eigenvalue weighted by Crippen LogP contribution is 2.28. The van der Waals surface area contributed by atoms with E-state index in [9.17, 15) is 0 Å². The summed E-state index contributed by atoms with van der Waals surface area (Å²) in [5.41, 5.74) is 3.43. The highest BCUT2D eigenvalue weighted by Gasteiger charge is 2.40. The van der Waals surface area contributed by atoms with Gasteiger partial charge in [0.1, 0.15) is 23.0 Å². The average Bonchev–Trinajstić information content (AvgIpc) is 3.17. The SMILES string of the molecule is CB1OB(c2ccc(OC(Oc3ccc(Br)cc3)c3ccccc3)cc2)OB(c2ccc(OC(Oc3ccc(Br)cc3)c3ccccc3)cc2)O1. The molecule has 0 spiro atoms.